The van der Waals surface area contributed by atoms with Gasteiger partial charge in [0.25, 0.3) is 11.8 Å². The number of carbonyl (C=O) groups excluding carboxylic acids is 2. The van der Waals surface area contributed by atoms with E-state index in [0.29, 0.717) is 18.5 Å². The van der Waals surface area contributed by atoms with Crippen molar-refractivity contribution in [1.82, 2.24) is 4.90 Å². The first kappa shape index (κ1) is 20.7. The first-order chi connectivity index (χ1) is 15.0. The standard InChI is InChI=1S/C26H26N2O3/c1-17-9-8-10-18(2)23(17)27-25(29)24-20-12-5-6-13-21(20)26(30)28(24)16-15-19-11-4-7-14-22(19)31-3/h4-14,24H,15-16H2,1-3H3,(H,27,29). The van der Waals surface area contributed by atoms with Crippen molar-refractivity contribution < 1.29 is 14.3 Å². The SMILES string of the molecule is COc1ccccc1CCN1C(=O)c2ccccc2C1C(=O)Nc1c(C)cccc1C. The number of para-hydroxylation sites is 2. The lowest BCUT2D eigenvalue weighted by Crippen LogP contribution is -2.37. The minimum Gasteiger partial charge on any atom is -0.496 e. The van der Waals surface area contributed by atoms with Crippen molar-refractivity contribution in [2.75, 3.05) is 19.0 Å². The Bertz CT molecular complexity index is 1120. The monoisotopic (exact) mass is 414 g/mol. The fourth-order valence-corrected chi connectivity index (χ4v) is 4.24. The third-order valence-electron chi connectivity index (χ3n) is 5.85. The maximum Gasteiger partial charge on any atom is 0.255 e. The smallest absolute Gasteiger partial charge is 0.255 e. The van der Waals surface area contributed by atoms with Crippen LogP contribution >= 0.6 is 0 Å². The summed E-state index contributed by atoms with van der Waals surface area (Å²) in [6.45, 7) is 4.35. The van der Waals surface area contributed by atoms with Crippen LogP contribution in [0.1, 0.15) is 38.7 Å². The zero-order valence-corrected chi connectivity index (χ0v) is 18.0. The fraction of sp³-hybridized carbons (Fsp3) is 0.231. The van der Waals surface area contributed by atoms with Gasteiger partial charge in [-0.05, 0) is 54.7 Å². The van der Waals surface area contributed by atoms with Crippen molar-refractivity contribution in [3.63, 3.8) is 0 Å². The number of hydrogen-bond acceptors (Lipinski definition) is 3. The molecule has 5 nitrogen and oxygen atoms in total. The molecule has 0 saturated carbocycles. The Morgan fingerprint density at radius 2 is 1.65 bits per heavy atom. The number of methoxy groups -OCH3 is 1. The molecule has 3 aromatic carbocycles. The molecule has 4 rings (SSSR count). The molecule has 0 radical (unpaired) electrons. The summed E-state index contributed by atoms with van der Waals surface area (Å²) in [6.07, 6.45) is 0.594. The lowest BCUT2D eigenvalue weighted by Gasteiger charge is -2.25. The van der Waals surface area contributed by atoms with E-state index in [1.165, 1.54) is 0 Å². The van der Waals surface area contributed by atoms with Gasteiger partial charge in [0.05, 0.1) is 7.11 Å². The Kier molecular flexibility index (Phi) is 5.76. The van der Waals surface area contributed by atoms with Crippen LogP contribution in [0.15, 0.2) is 66.7 Å². The number of amides is 2. The van der Waals surface area contributed by atoms with Gasteiger partial charge in [0, 0.05) is 17.8 Å². The summed E-state index contributed by atoms with van der Waals surface area (Å²) in [6, 6.07) is 20.3. The largest absolute Gasteiger partial charge is 0.496 e. The number of carbonyl (C=O) groups is 2. The molecular formula is C26H26N2O3. The van der Waals surface area contributed by atoms with Crippen LogP contribution in [0.25, 0.3) is 0 Å². The third kappa shape index (κ3) is 3.91. The number of nitrogens with one attached hydrogen (secondary N) is 1. The van der Waals surface area contributed by atoms with E-state index in [9.17, 15) is 9.59 Å². The van der Waals surface area contributed by atoms with Crippen LogP contribution in [-0.4, -0.2) is 30.4 Å². The van der Waals surface area contributed by atoms with Gasteiger partial charge in [-0.2, -0.15) is 0 Å². The van der Waals surface area contributed by atoms with Crippen LogP contribution in [0.5, 0.6) is 5.75 Å². The van der Waals surface area contributed by atoms with Crippen molar-refractivity contribution in [3.8, 4) is 5.75 Å². The minimum absolute atomic E-state index is 0.118. The van der Waals surface area contributed by atoms with Crippen molar-refractivity contribution in [3.05, 3.63) is 94.5 Å². The molecule has 2 amide bonds. The first-order valence-corrected chi connectivity index (χ1v) is 10.4. The molecule has 1 aliphatic rings. The molecule has 0 aliphatic carbocycles. The van der Waals surface area contributed by atoms with Gasteiger partial charge in [0.15, 0.2) is 0 Å². The average Bonchev–Trinajstić information content (AvgIpc) is 3.07. The molecular weight excluding hydrogens is 388 g/mol. The van der Waals surface area contributed by atoms with E-state index in [0.717, 1.165) is 33.7 Å². The molecule has 1 unspecified atom stereocenters. The normalized spacial score (nSPS) is 15.0. The zero-order chi connectivity index (χ0) is 22.0. The topological polar surface area (TPSA) is 58.6 Å². The van der Waals surface area contributed by atoms with Crippen molar-refractivity contribution in [2.24, 2.45) is 0 Å². The molecule has 1 atom stereocenters. The second kappa shape index (κ2) is 8.64. The summed E-state index contributed by atoms with van der Waals surface area (Å²) >= 11 is 0. The summed E-state index contributed by atoms with van der Waals surface area (Å²) in [5, 5.41) is 3.08. The molecule has 3 aromatic rings. The number of aryl methyl sites for hydroxylation is 2. The van der Waals surface area contributed by atoms with Crippen LogP contribution in [0, 0.1) is 13.8 Å². The number of benzene rings is 3. The molecule has 1 N–H and O–H groups in total. The minimum atomic E-state index is -0.669. The van der Waals surface area contributed by atoms with Gasteiger partial charge < -0.3 is 15.0 Å². The second-order valence-electron chi connectivity index (χ2n) is 7.81. The van der Waals surface area contributed by atoms with Crippen molar-refractivity contribution >= 4 is 17.5 Å². The highest BCUT2D eigenvalue weighted by molar-refractivity contribution is 6.08. The molecule has 158 valence electrons. The highest BCUT2D eigenvalue weighted by Crippen LogP contribution is 2.35. The Morgan fingerprint density at radius 3 is 2.39 bits per heavy atom. The Balaban J connectivity index is 1.64. The van der Waals surface area contributed by atoms with Crippen LogP contribution in [0.2, 0.25) is 0 Å². The first-order valence-electron chi connectivity index (χ1n) is 10.4. The fourth-order valence-electron chi connectivity index (χ4n) is 4.24. The van der Waals surface area contributed by atoms with E-state index in [2.05, 4.69) is 5.32 Å². The maximum absolute atomic E-state index is 13.4. The van der Waals surface area contributed by atoms with Gasteiger partial charge in [0.1, 0.15) is 11.8 Å². The summed E-state index contributed by atoms with van der Waals surface area (Å²) in [5.74, 6) is 0.464. The van der Waals surface area contributed by atoms with Gasteiger partial charge in [-0.25, -0.2) is 0 Å². The predicted molar refractivity (Wildman–Crippen MR) is 121 cm³/mol. The summed E-state index contributed by atoms with van der Waals surface area (Å²) in [7, 11) is 1.64. The van der Waals surface area contributed by atoms with E-state index in [-0.39, 0.29) is 11.8 Å². The van der Waals surface area contributed by atoms with Crippen LogP contribution in [0.4, 0.5) is 5.69 Å². The molecule has 31 heavy (non-hydrogen) atoms. The predicted octanol–water partition coefficient (Wildman–Crippen LogP) is 4.69. The molecule has 0 aromatic heterocycles. The van der Waals surface area contributed by atoms with Crippen LogP contribution in [0.3, 0.4) is 0 Å². The van der Waals surface area contributed by atoms with Gasteiger partial charge in [-0.1, -0.05) is 54.6 Å². The molecule has 0 bridgehead atoms. The number of ether oxygens (including phenoxy) is 1. The van der Waals surface area contributed by atoms with Crippen LogP contribution in [-0.2, 0) is 11.2 Å². The number of anilines is 1. The number of rotatable bonds is 6. The molecule has 1 heterocycles. The quantitative estimate of drug-likeness (QED) is 0.637. The second-order valence-corrected chi connectivity index (χ2v) is 7.81. The highest BCUT2D eigenvalue weighted by atomic mass is 16.5. The van der Waals surface area contributed by atoms with Crippen molar-refractivity contribution in [2.45, 2.75) is 26.3 Å². The summed E-state index contributed by atoms with van der Waals surface area (Å²) in [5.41, 5.74) is 5.12. The Hall–Kier alpha value is -3.60. The Morgan fingerprint density at radius 1 is 0.968 bits per heavy atom. The lowest BCUT2D eigenvalue weighted by molar-refractivity contribution is -0.120. The summed E-state index contributed by atoms with van der Waals surface area (Å²) in [4.78, 5) is 28.3. The van der Waals surface area contributed by atoms with Gasteiger partial charge >= 0.3 is 0 Å². The summed E-state index contributed by atoms with van der Waals surface area (Å²) < 4.78 is 5.45. The van der Waals surface area contributed by atoms with Crippen molar-refractivity contribution in [1.29, 1.82) is 0 Å². The zero-order valence-electron chi connectivity index (χ0n) is 18.0. The van der Waals surface area contributed by atoms with E-state index in [1.54, 1.807) is 18.1 Å². The van der Waals surface area contributed by atoms with Gasteiger partial charge in [-0.3, -0.25) is 9.59 Å². The molecule has 5 heteroatoms. The number of fused-ring (bicyclic) bond motifs is 1. The lowest BCUT2D eigenvalue weighted by atomic mass is 10.0. The third-order valence-corrected chi connectivity index (χ3v) is 5.85. The van der Waals surface area contributed by atoms with E-state index < -0.39 is 6.04 Å². The highest BCUT2D eigenvalue weighted by Gasteiger charge is 2.40. The van der Waals surface area contributed by atoms with E-state index >= 15 is 0 Å². The molecule has 0 fully saturated rings. The number of hydrogen-bond donors (Lipinski definition) is 1. The molecule has 1 aliphatic heterocycles. The number of nitrogens with zero attached hydrogens (tertiary/aromatic N) is 1. The van der Waals surface area contributed by atoms with Gasteiger partial charge in [-0.15, -0.1) is 0 Å². The Labute approximate surface area is 182 Å². The maximum atomic E-state index is 13.4. The van der Waals surface area contributed by atoms with Crippen LogP contribution < -0.4 is 10.1 Å². The van der Waals surface area contributed by atoms with Gasteiger partial charge in [0.2, 0.25) is 0 Å². The molecule has 0 saturated heterocycles. The van der Waals surface area contributed by atoms with E-state index in [4.69, 9.17) is 4.74 Å². The average molecular weight is 415 g/mol. The van der Waals surface area contributed by atoms with E-state index in [1.807, 2.05) is 74.5 Å². The molecule has 0 spiro atoms.